The second kappa shape index (κ2) is 6.20. The molecule has 0 heterocycles. The minimum atomic E-state index is 0.305. The first-order valence-electron chi connectivity index (χ1n) is 7.35. The van der Waals surface area contributed by atoms with E-state index >= 15 is 0 Å². The summed E-state index contributed by atoms with van der Waals surface area (Å²) in [6.45, 7) is 2.21. The lowest BCUT2D eigenvalue weighted by Gasteiger charge is -2.21. The molecule has 1 N–H and O–H groups in total. The Labute approximate surface area is 134 Å². The van der Waals surface area contributed by atoms with Gasteiger partial charge >= 0.3 is 0 Å². The first-order chi connectivity index (χ1) is 10.2. The van der Waals surface area contributed by atoms with Crippen LogP contribution < -0.4 is 10.1 Å². The van der Waals surface area contributed by atoms with E-state index in [0.29, 0.717) is 12.1 Å². The van der Waals surface area contributed by atoms with Crippen molar-refractivity contribution >= 4 is 15.9 Å². The summed E-state index contributed by atoms with van der Waals surface area (Å²) in [4.78, 5) is 0. The van der Waals surface area contributed by atoms with E-state index in [-0.39, 0.29) is 0 Å². The number of hydrogen-bond acceptors (Lipinski definition) is 2. The van der Waals surface area contributed by atoms with Crippen LogP contribution in [0.1, 0.15) is 42.1 Å². The van der Waals surface area contributed by atoms with Gasteiger partial charge in [0.1, 0.15) is 5.75 Å². The number of hydrogen-bond donors (Lipinski definition) is 1. The van der Waals surface area contributed by atoms with E-state index in [1.807, 2.05) is 12.1 Å². The molecule has 0 bridgehead atoms. The molecule has 21 heavy (non-hydrogen) atoms. The van der Waals surface area contributed by atoms with E-state index in [1.165, 1.54) is 27.6 Å². The average Bonchev–Trinajstić information content (AvgIpc) is 2.89. The third-order valence-electron chi connectivity index (χ3n) is 4.23. The monoisotopic (exact) mass is 345 g/mol. The van der Waals surface area contributed by atoms with Crippen LogP contribution in [0.15, 0.2) is 46.9 Å². The van der Waals surface area contributed by atoms with E-state index in [9.17, 15) is 0 Å². The Morgan fingerprint density at radius 1 is 1.24 bits per heavy atom. The Kier molecular flexibility index (Phi) is 4.32. The van der Waals surface area contributed by atoms with E-state index in [1.54, 1.807) is 7.11 Å². The van der Waals surface area contributed by atoms with E-state index in [0.717, 1.165) is 12.2 Å². The zero-order chi connectivity index (χ0) is 14.8. The molecule has 0 saturated heterocycles. The van der Waals surface area contributed by atoms with Gasteiger partial charge in [-0.15, -0.1) is 0 Å². The van der Waals surface area contributed by atoms with Crippen LogP contribution in [0.4, 0.5) is 0 Å². The van der Waals surface area contributed by atoms with Gasteiger partial charge in [0.05, 0.1) is 7.11 Å². The maximum Gasteiger partial charge on any atom is 0.119 e. The maximum atomic E-state index is 5.31. The fourth-order valence-corrected chi connectivity index (χ4v) is 3.48. The molecule has 2 aromatic carbocycles. The highest BCUT2D eigenvalue weighted by Gasteiger charge is 2.24. The van der Waals surface area contributed by atoms with Crippen molar-refractivity contribution in [3.63, 3.8) is 0 Å². The van der Waals surface area contributed by atoms with Gasteiger partial charge in [-0.05, 0) is 60.7 Å². The number of fused-ring (bicyclic) bond motifs is 1. The van der Waals surface area contributed by atoms with Gasteiger partial charge in [0.15, 0.2) is 0 Å². The molecular weight excluding hydrogens is 326 g/mol. The van der Waals surface area contributed by atoms with Crippen LogP contribution in [0.25, 0.3) is 0 Å². The zero-order valence-corrected chi connectivity index (χ0v) is 14.0. The third kappa shape index (κ3) is 3.14. The lowest BCUT2D eigenvalue weighted by molar-refractivity contribution is 0.411. The highest BCUT2D eigenvalue weighted by atomic mass is 79.9. The van der Waals surface area contributed by atoms with Gasteiger partial charge in [0.2, 0.25) is 0 Å². The van der Waals surface area contributed by atoms with Crippen molar-refractivity contribution in [3.8, 4) is 5.75 Å². The predicted octanol–water partition coefficient (Wildman–Crippen LogP) is 4.80. The molecule has 1 unspecified atom stereocenters. The summed E-state index contributed by atoms with van der Waals surface area (Å²) in [5.74, 6) is 0.914. The Balaban J connectivity index is 1.76. The molecule has 0 fully saturated rings. The first kappa shape index (κ1) is 14.6. The molecule has 0 amide bonds. The SMILES string of the molecule is COc1cccc([C@H](C)NC2CCc3cc(Br)ccc32)c1. The fourth-order valence-electron chi connectivity index (χ4n) is 3.07. The molecule has 110 valence electrons. The molecule has 2 atom stereocenters. The van der Waals surface area contributed by atoms with Crippen molar-refractivity contribution in [1.29, 1.82) is 0 Å². The Hall–Kier alpha value is -1.32. The highest BCUT2D eigenvalue weighted by Crippen LogP contribution is 2.34. The van der Waals surface area contributed by atoms with Crippen LogP contribution in [0.5, 0.6) is 5.75 Å². The van der Waals surface area contributed by atoms with E-state index in [4.69, 9.17) is 4.74 Å². The second-order valence-corrected chi connectivity index (χ2v) is 6.52. The zero-order valence-electron chi connectivity index (χ0n) is 12.4. The van der Waals surface area contributed by atoms with Crippen molar-refractivity contribution in [1.82, 2.24) is 5.32 Å². The predicted molar refractivity (Wildman–Crippen MR) is 89.7 cm³/mol. The van der Waals surface area contributed by atoms with Crippen LogP contribution >= 0.6 is 15.9 Å². The minimum Gasteiger partial charge on any atom is -0.497 e. The summed E-state index contributed by atoms with van der Waals surface area (Å²) in [6, 6.07) is 15.6. The number of benzene rings is 2. The average molecular weight is 346 g/mol. The van der Waals surface area contributed by atoms with Crippen LogP contribution in [0.2, 0.25) is 0 Å². The van der Waals surface area contributed by atoms with Gasteiger partial charge in [0.25, 0.3) is 0 Å². The summed E-state index contributed by atoms with van der Waals surface area (Å²) < 4.78 is 6.48. The molecule has 0 saturated carbocycles. The first-order valence-corrected chi connectivity index (χ1v) is 8.15. The summed E-state index contributed by atoms with van der Waals surface area (Å²) in [7, 11) is 1.71. The van der Waals surface area contributed by atoms with E-state index in [2.05, 4.69) is 58.5 Å². The standard InChI is InChI=1S/C18H20BrNO/c1-12(13-4-3-5-16(11-13)21-2)20-18-9-6-14-10-15(19)7-8-17(14)18/h3-5,7-8,10-12,18,20H,6,9H2,1-2H3/t12-,18?/m0/s1. The van der Waals surface area contributed by atoms with Crippen molar-refractivity contribution in [2.45, 2.75) is 31.8 Å². The third-order valence-corrected chi connectivity index (χ3v) is 4.72. The molecule has 2 aromatic rings. The largest absolute Gasteiger partial charge is 0.497 e. The molecule has 0 aromatic heterocycles. The van der Waals surface area contributed by atoms with E-state index < -0.39 is 0 Å². The smallest absolute Gasteiger partial charge is 0.119 e. The molecule has 3 rings (SSSR count). The lowest BCUT2D eigenvalue weighted by atomic mass is 10.0. The Bertz CT molecular complexity index is 641. The minimum absolute atomic E-state index is 0.305. The van der Waals surface area contributed by atoms with Crippen molar-refractivity contribution < 1.29 is 4.74 Å². The Morgan fingerprint density at radius 3 is 2.90 bits per heavy atom. The van der Waals surface area contributed by atoms with Crippen molar-refractivity contribution in [2.75, 3.05) is 7.11 Å². The van der Waals surface area contributed by atoms with Gasteiger partial charge in [-0.25, -0.2) is 0 Å². The van der Waals surface area contributed by atoms with Gasteiger partial charge in [-0.3, -0.25) is 0 Å². The maximum absolute atomic E-state index is 5.31. The number of nitrogens with one attached hydrogen (secondary N) is 1. The molecule has 1 aliphatic carbocycles. The molecule has 1 aliphatic rings. The topological polar surface area (TPSA) is 21.3 Å². The number of rotatable bonds is 4. The van der Waals surface area contributed by atoms with Crippen LogP contribution in [-0.2, 0) is 6.42 Å². The molecule has 0 spiro atoms. The lowest BCUT2D eigenvalue weighted by Crippen LogP contribution is -2.23. The summed E-state index contributed by atoms with van der Waals surface area (Å²) in [5.41, 5.74) is 4.16. The molecular formula is C18H20BrNO. The molecule has 2 nitrogen and oxygen atoms in total. The normalized spacial score (nSPS) is 18.3. The quantitative estimate of drug-likeness (QED) is 0.859. The summed E-state index contributed by atoms with van der Waals surface area (Å²) in [5, 5.41) is 3.75. The second-order valence-electron chi connectivity index (χ2n) is 5.60. The number of methoxy groups -OCH3 is 1. The van der Waals surface area contributed by atoms with Gasteiger partial charge in [-0.1, -0.05) is 34.1 Å². The molecule has 3 heteroatoms. The van der Waals surface area contributed by atoms with Crippen molar-refractivity contribution in [2.24, 2.45) is 0 Å². The molecule has 0 radical (unpaired) electrons. The van der Waals surface area contributed by atoms with Crippen LogP contribution in [0.3, 0.4) is 0 Å². The number of ether oxygens (including phenoxy) is 1. The molecule has 0 aliphatic heterocycles. The summed E-state index contributed by atoms with van der Waals surface area (Å²) >= 11 is 3.55. The van der Waals surface area contributed by atoms with Gasteiger partial charge in [0, 0.05) is 16.6 Å². The van der Waals surface area contributed by atoms with Gasteiger partial charge in [-0.2, -0.15) is 0 Å². The van der Waals surface area contributed by atoms with Crippen LogP contribution in [-0.4, -0.2) is 7.11 Å². The summed E-state index contributed by atoms with van der Waals surface area (Å²) in [6.07, 6.45) is 2.32. The number of aryl methyl sites for hydroxylation is 1. The number of halogens is 1. The van der Waals surface area contributed by atoms with Crippen LogP contribution in [0, 0.1) is 0 Å². The highest BCUT2D eigenvalue weighted by molar-refractivity contribution is 9.10. The van der Waals surface area contributed by atoms with Crippen molar-refractivity contribution in [3.05, 3.63) is 63.6 Å². The van der Waals surface area contributed by atoms with Gasteiger partial charge < -0.3 is 10.1 Å². The fraction of sp³-hybridized carbons (Fsp3) is 0.333. The Morgan fingerprint density at radius 2 is 2.10 bits per heavy atom.